The summed E-state index contributed by atoms with van der Waals surface area (Å²) in [5, 5.41) is 4.00. The van der Waals surface area contributed by atoms with Gasteiger partial charge in [0, 0.05) is 11.9 Å². The summed E-state index contributed by atoms with van der Waals surface area (Å²) in [6, 6.07) is 0. The van der Waals surface area contributed by atoms with Crippen LogP contribution in [0.2, 0.25) is 0 Å². The molecule has 0 bridgehead atoms. The third-order valence-corrected chi connectivity index (χ3v) is 1.46. The van der Waals surface area contributed by atoms with Gasteiger partial charge in [-0.2, -0.15) is 5.10 Å². The number of nitrogens with two attached hydrogens (primary N) is 1. The zero-order valence-electron chi connectivity index (χ0n) is 5.63. The molecule has 0 unspecified atom stereocenters. The number of anilines is 1. The van der Waals surface area contributed by atoms with Crippen LogP contribution in [0.15, 0.2) is 12.4 Å². The Kier molecular flexibility index (Phi) is 0.818. The predicted octanol–water partition coefficient (Wildman–Crippen LogP) is 0.553. The van der Waals surface area contributed by atoms with Gasteiger partial charge >= 0.3 is 0 Å². The fourth-order valence-corrected chi connectivity index (χ4v) is 1.01. The number of aromatic nitrogens is 3. The van der Waals surface area contributed by atoms with Gasteiger partial charge in [0.05, 0.1) is 11.9 Å². The summed E-state index contributed by atoms with van der Waals surface area (Å²) in [6.07, 6.45) is 3.52. The van der Waals surface area contributed by atoms with Gasteiger partial charge in [-0.25, -0.2) is 4.52 Å². The number of fused-ring (bicyclic) bond motifs is 1. The van der Waals surface area contributed by atoms with E-state index in [9.17, 15) is 0 Å². The maximum absolute atomic E-state index is 5.57. The topological polar surface area (TPSA) is 59.1 Å². The van der Waals surface area contributed by atoms with Crippen LogP contribution in [-0.4, -0.2) is 14.6 Å². The van der Waals surface area contributed by atoms with Crippen molar-refractivity contribution in [1.29, 1.82) is 0 Å². The minimum atomic E-state index is 0.688. The van der Waals surface area contributed by atoms with Crippen molar-refractivity contribution in [3.05, 3.63) is 18.1 Å². The van der Waals surface area contributed by atoms with Crippen LogP contribution in [0.3, 0.4) is 0 Å². The maximum Gasteiger partial charge on any atom is 0.156 e. The Balaban J connectivity index is 2.90. The van der Waals surface area contributed by atoms with Gasteiger partial charge in [0.25, 0.3) is 0 Å². The van der Waals surface area contributed by atoms with Crippen molar-refractivity contribution in [1.82, 2.24) is 14.6 Å². The molecule has 10 heavy (non-hydrogen) atoms. The van der Waals surface area contributed by atoms with Crippen LogP contribution in [-0.2, 0) is 0 Å². The van der Waals surface area contributed by atoms with Crippen molar-refractivity contribution in [2.45, 2.75) is 6.92 Å². The standard InChI is InChI=1S/C6H8N4/c1-4-3-10-6(9-4)5(7)2-8-10/h2-3,9H,7H2,1H3. The van der Waals surface area contributed by atoms with Crippen LogP contribution < -0.4 is 5.73 Å². The predicted molar refractivity (Wildman–Crippen MR) is 38.7 cm³/mol. The Morgan fingerprint density at radius 1 is 1.70 bits per heavy atom. The van der Waals surface area contributed by atoms with Crippen LogP contribution in [0.5, 0.6) is 0 Å². The molecular weight excluding hydrogens is 128 g/mol. The van der Waals surface area contributed by atoms with Crippen molar-refractivity contribution < 1.29 is 0 Å². The maximum atomic E-state index is 5.57. The molecule has 4 nitrogen and oxygen atoms in total. The van der Waals surface area contributed by atoms with E-state index in [1.165, 1.54) is 0 Å². The fraction of sp³-hybridized carbons (Fsp3) is 0.167. The Morgan fingerprint density at radius 2 is 2.50 bits per heavy atom. The lowest BCUT2D eigenvalue weighted by molar-refractivity contribution is 0.971. The zero-order valence-corrected chi connectivity index (χ0v) is 5.63. The molecule has 0 saturated heterocycles. The minimum Gasteiger partial charge on any atom is -0.394 e. The van der Waals surface area contributed by atoms with Crippen LogP contribution in [0.1, 0.15) is 5.69 Å². The molecular formula is C6H8N4. The highest BCUT2D eigenvalue weighted by atomic mass is 15.3. The lowest BCUT2D eigenvalue weighted by Crippen LogP contribution is -1.82. The largest absolute Gasteiger partial charge is 0.394 e. The third-order valence-electron chi connectivity index (χ3n) is 1.46. The molecule has 0 fully saturated rings. The average molecular weight is 136 g/mol. The highest BCUT2D eigenvalue weighted by Gasteiger charge is 2.00. The molecule has 0 radical (unpaired) electrons. The molecule has 3 N–H and O–H groups in total. The second kappa shape index (κ2) is 1.53. The van der Waals surface area contributed by atoms with Crippen LogP contribution in [0.25, 0.3) is 5.65 Å². The Hall–Kier alpha value is -1.45. The number of rotatable bonds is 0. The van der Waals surface area contributed by atoms with Gasteiger partial charge in [0.2, 0.25) is 0 Å². The summed E-state index contributed by atoms with van der Waals surface area (Å²) >= 11 is 0. The molecule has 0 aliphatic rings. The van der Waals surface area contributed by atoms with E-state index in [-0.39, 0.29) is 0 Å². The van der Waals surface area contributed by atoms with Gasteiger partial charge < -0.3 is 10.7 Å². The lowest BCUT2D eigenvalue weighted by atomic mass is 10.5. The molecule has 2 aromatic rings. The van der Waals surface area contributed by atoms with E-state index in [0.29, 0.717) is 5.69 Å². The van der Waals surface area contributed by atoms with Gasteiger partial charge in [-0.15, -0.1) is 0 Å². The first-order valence-electron chi connectivity index (χ1n) is 3.06. The van der Waals surface area contributed by atoms with Crippen molar-refractivity contribution in [2.24, 2.45) is 0 Å². The van der Waals surface area contributed by atoms with E-state index < -0.39 is 0 Å². The molecule has 4 heteroatoms. The number of nitrogen functional groups attached to an aromatic ring is 1. The molecule has 0 amide bonds. The number of aryl methyl sites for hydroxylation is 1. The summed E-state index contributed by atoms with van der Waals surface area (Å²) in [5.74, 6) is 0. The molecule has 0 atom stereocenters. The quantitative estimate of drug-likeness (QED) is 0.555. The van der Waals surface area contributed by atoms with E-state index in [1.54, 1.807) is 10.7 Å². The molecule has 2 rings (SSSR count). The number of nitrogens with zero attached hydrogens (tertiary/aromatic N) is 2. The van der Waals surface area contributed by atoms with Gasteiger partial charge in [-0.1, -0.05) is 0 Å². The molecule has 0 aliphatic heterocycles. The molecule has 2 heterocycles. The minimum absolute atomic E-state index is 0.688. The number of hydrogen-bond donors (Lipinski definition) is 2. The number of hydrogen-bond acceptors (Lipinski definition) is 2. The number of imidazole rings is 1. The van der Waals surface area contributed by atoms with Crippen molar-refractivity contribution in [3.8, 4) is 0 Å². The first-order chi connectivity index (χ1) is 4.77. The second-order valence-electron chi connectivity index (χ2n) is 2.33. The normalized spacial score (nSPS) is 10.9. The molecule has 0 saturated carbocycles. The summed E-state index contributed by atoms with van der Waals surface area (Å²) in [6.45, 7) is 1.97. The highest BCUT2D eigenvalue weighted by molar-refractivity contribution is 5.63. The van der Waals surface area contributed by atoms with Gasteiger partial charge in [0.1, 0.15) is 0 Å². The van der Waals surface area contributed by atoms with E-state index in [2.05, 4.69) is 10.1 Å². The highest BCUT2D eigenvalue weighted by Crippen LogP contribution is 2.10. The van der Waals surface area contributed by atoms with Crippen LogP contribution in [0.4, 0.5) is 5.69 Å². The smallest absolute Gasteiger partial charge is 0.156 e. The Morgan fingerprint density at radius 3 is 3.20 bits per heavy atom. The summed E-state index contributed by atoms with van der Waals surface area (Å²) in [7, 11) is 0. The van der Waals surface area contributed by atoms with E-state index in [0.717, 1.165) is 11.3 Å². The number of H-pyrrole nitrogens is 1. The molecule has 0 aliphatic carbocycles. The van der Waals surface area contributed by atoms with Crippen LogP contribution in [0, 0.1) is 6.92 Å². The number of aromatic amines is 1. The number of nitrogens with one attached hydrogen (secondary N) is 1. The van der Waals surface area contributed by atoms with Gasteiger partial charge in [0.15, 0.2) is 5.65 Å². The zero-order chi connectivity index (χ0) is 7.14. The Bertz CT molecular complexity index is 357. The summed E-state index contributed by atoms with van der Waals surface area (Å²) in [5.41, 5.74) is 8.20. The fourth-order valence-electron chi connectivity index (χ4n) is 1.01. The molecule has 0 spiro atoms. The lowest BCUT2D eigenvalue weighted by Gasteiger charge is -1.80. The molecule has 2 aromatic heterocycles. The SMILES string of the molecule is Cc1cn2ncc(N)c2[nH]1. The van der Waals surface area contributed by atoms with Gasteiger partial charge in [-0.05, 0) is 6.92 Å². The first-order valence-corrected chi connectivity index (χ1v) is 3.06. The molecule has 52 valence electrons. The molecule has 0 aromatic carbocycles. The third kappa shape index (κ3) is 0.528. The monoisotopic (exact) mass is 136 g/mol. The van der Waals surface area contributed by atoms with Gasteiger partial charge in [-0.3, -0.25) is 0 Å². The van der Waals surface area contributed by atoms with Crippen molar-refractivity contribution in [2.75, 3.05) is 5.73 Å². The van der Waals surface area contributed by atoms with Crippen molar-refractivity contribution >= 4 is 11.3 Å². The van der Waals surface area contributed by atoms with E-state index in [4.69, 9.17) is 5.73 Å². The van der Waals surface area contributed by atoms with E-state index in [1.807, 2.05) is 13.1 Å². The van der Waals surface area contributed by atoms with Crippen LogP contribution >= 0.6 is 0 Å². The summed E-state index contributed by atoms with van der Waals surface area (Å²) in [4.78, 5) is 3.08. The summed E-state index contributed by atoms with van der Waals surface area (Å²) < 4.78 is 1.73. The van der Waals surface area contributed by atoms with Crippen molar-refractivity contribution in [3.63, 3.8) is 0 Å². The first kappa shape index (κ1) is 5.34. The average Bonchev–Trinajstić information content (AvgIpc) is 2.35. The second-order valence-corrected chi connectivity index (χ2v) is 2.33. The Labute approximate surface area is 57.7 Å². The van der Waals surface area contributed by atoms with E-state index >= 15 is 0 Å².